The number of hydrogen-bond acceptors (Lipinski definition) is 6. The average Bonchev–Trinajstić information content (AvgIpc) is 2.97. The van der Waals surface area contributed by atoms with Crippen LogP contribution < -0.4 is 32.3 Å². The number of unbranched alkanes of at least 4 members (excludes halogenated alkanes) is 1. The molecular weight excluding hydrogens is 549 g/mol. The third kappa shape index (κ3) is 9.39. The van der Waals surface area contributed by atoms with Gasteiger partial charge >= 0.3 is 5.97 Å². The lowest BCUT2D eigenvalue weighted by Gasteiger charge is -2.27. The fraction of sp³-hybridized carbons (Fsp3) is 0.276. The van der Waals surface area contributed by atoms with Gasteiger partial charge in [-0.3, -0.25) is 14.4 Å². The number of amides is 2. The summed E-state index contributed by atoms with van der Waals surface area (Å²) in [6, 6.07) is 31.5. The normalized spacial score (nSPS) is 11.9. The number of carbonyl (C=O) groups excluding carboxylic acids is 2. The van der Waals surface area contributed by atoms with Crippen LogP contribution in [-0.4, -0.2) is 59.7 Å². The van der Waals surface area contributed by atoms with E-state index in [2.05, 4.69) is 102 Å². The molecule has 5 N–H and O–H groups in total. The summed E-state index contributed by atoms with van der Waals surface area (Å²) in [5, 5.41) is 17.9. The van der Waals surface area contributed by atoms with Crippen molar-refractivity contribution in [2.75, 3.05) is 30.8 Å². The van der Waals surface area contributed by atoms with E-state index < -0.39 is 31.7 Å². The SMILES string of the molecule is NC(CSSCC(=O)NCCCC[P+](c1ccccc1)(c1ccccc1)c1ccccc1)C(=O)NCC(=O)O. The van der Waals surface area contributed by atoms with Gasteiger partial charge in [0.05, 0.1) is 18.0 Å². The third-order valence-electron chi connectivity index (χ3n) is 6.10. The van der Waals surface area contributed by atoms with E-state index in [1.807, 2.05) is 0 Å². The molecular formula is C29H35N3O4PS2+. The summed E-state index contributed by atoms with van der Waals surface area (Å²) in [5.74, 6) is -1.17. The molecule has 3 rings (SSSR count). The Morgan fingerprint density at radius 1 is 0.769 bits per heavy atom. The van der Waals surface area contributed by atoms with E-state index in [0.717, 1.165) is 19.0 Å². The van der Waals surface area contributed by atoms with E-state index in [4.69, 9.17) is 10.8 Å². The summed E-state index contributed by atoms with van der Waals surface area (Å²) < 4.78 is 0. The Kier molecular flexibility index (Phi) is 12.8. The zero-order valence-corrected chi connectivity index (χ0v) is 24.2. The quantitative estimate of drug-likeness (QED) is 0.116. The molecule has 0 bridgehead atoms. The van der Waals surface area contributed by atoms with Gasteiger partial charge in [0.1, 0.15) is 29.7 Å². The molecule has 0 aliphatic carbocycles. The summed E-state index contributed by atoms with van der Waals surface area (Å²) in [5.41, 5.74) is 5.76. The Bertz CT molecular complexity index is 1090. The Morgan fingerprint density at radius 2 is 1.28 bits per heavy atom. The highest BCUT2D eigenvalue weighted by molar-refractivity contribution is 8.76. The highest BCUT2D eigenvalue weighted by atomic mass is 33.1. The van der Waals surface area contributed by atoms with Crippen LogP contribution in [-0.2, 0) is 14.4 Å². The van der Waals surface area contributed by atoms with Crippen LogP contribution in [0.15, 0.2) is 91.0 Å². The second-order valence-electron chi connectivity index (χ2n) is 8.86. The first-order valence-corrected chi connectivity index (χ1v) is 17.2. The van der Waals surface area contributed by atoms with Crippen molar-refractivity contribution in [1.29, 1.82) is 0 Å². The van der Waals surface area contributed by atoms with Gasteiger partial charge in [0.25, 0.3) is 0 Å². The maximum Gasteiger partial charge on any atom is 0.322 e. The van der Waals surface area contributed by atoms with Gasteiger partial charge in [-0.15, -0.1) is 0 Å². The summed E-state index contributed by atoms with van der Waals surface area (Å²) in [4.78, 5) is 34.6. The van der Waals surface area contributed by atoms with Crippen LogP contribution in [0.5, 0.6) is 0 Å². The van der Waals surface area contributed by atoms with Gasteiger partial charge in [-0.05, 0) is 49.2 Å². The topological polar surface area (TPSA) is 122 Å². The van der Waals surface area contributed by atoms with Gasteiger partial charge < -0.3 is 21.5 Å². The van der Waals surface area contributed by atoms with Gasteiger partial charge in [-0.1, -0.05) is 76.2 Å². The summed E-state index contributed by atoms with van der Waals surface area (Å²) in [6.07, 6.45) is 2.84. The van der Waals surface area contributed by atoms with Crippen molar-refractivity contribution in [3.05, 3.63) is 91.0 Å². The molecule has 0 radical (unpaired) electrons. The fourth-order valence-electron chi connectivity index (χ4n) is 4.22. The number of nitrogens with one attached hydrogen (secondary N) is 2. The van der Waals surface area contributed by atoms with Crippen molar-refractivity contribution < 1.29 is 19.5 Å². The van der Waals surface area contributed by atoms with Crippen LogP contribution in [0.4, 0.5) is 0 Å². The molecule has 1 atom stereocenters. The molecule has 206 valence electrons. The number of hydrogen-bond donors (Lipinski definition) is 4. The highest BCUT2D eigenvalue weighted by Crippen LogP contribution is 2.55. The standard InChI is InChI=1S/C29H34N3O4PS2/c30-26(29(36)32-20-28(34)35)21-38-39-22-27(33)31-18-10-11-19-37(23-12-4-1-5-13-23,24-14-6-2-7-15-24)25-16-8-3-9-17-25/h1-9,12-17,26H,10-11,18-22,30H2,(H2-,31,32,33,34,35,36)/p+1. The van der Waals surface area contributed by atoms with Crippen LogP contribution in [0.25, 0.3) is 0 Å². The number of rotatable bonds is 16. The third-order valence-corrected chi connectivity index (χ3v) is 12.9. The predicted molar refractivity (Wildman–Crippen MR) is 166 cm³/mol. The summed E-state index contributed by atoms with van der Waals surface area (Å²) in [6.45, 7) is 0.136. The molecule has 0 heterocycles. The van der Waals surface area contributed by atoms with Crippen molar-refractivity contribution in [2.45, 2.75) is 18.9 Å². The van der Waals surface area contributed by atoms with Crippen LogP contribution in [0.1, 0.15) is 12.8 Å². The molecule has 0 saturated heterocycles. The largest absolute Gasteiger partial charge is 0.480 e. The minimum atomic E-state index is -1.86. The van der Waals surface area contributed by atoms with E-state index in [0.29, 0.717) is 6.54 Å². The van der Waals surface area contributed by atoms with E-state index in [9.17, 15) is 14.4 Å². The van der Waals surface area contributed by atoms with Crippen molar-refractivity contribution in [2.24, 2.45) is 5.73 Å². The predicted octanol–water partition coefficient (Wildman–Crippen LogP) is 2.79. The van der Waals surface area contributed by atoms with Crippen molar-refractivity contribution in [1.82, 2.24) is 10.6 Å². The summed E-state index contributed by atoms with van der Waals surface area (Å²) in [7, 11) is 0.780. The van der Waals surface area contributed by atoms with Gasteiger partial charge in [-0.25, -0.2) is 0 Å². The average molecular weight is 585 g/mol. The Hall–Kier alpha value is -2.84. The Morgan fingerprint density at radius 3 is 1.77 bits per heavy atom. The minimum Gasteiger partial charge on any atom is -0.480 e. The number of nitrogens with two attached hydrogens (primary N) is 1. The van der Waals surface area contributed by atoms with Gasteiger partial charge in [0.2, 0.25) is 11.8 Å². The lowest BCUT2D eigenvalue weighted by atomic mass is 10.3. The molecule has 3 aromatic carbocycles. The Labute approximate surface area is 238 Å². The highest BCUT2D eigenvalue weighted by Gasteiger charge is 2.44. The monoisotopic (exact) mass is 584 g/mol. The number of benzene rings is 3. The van der Waals surface area contributed by atoms with Gasteiger partial charge in [-0.2, -0.15) is 0 Å². The molecule has 0 fully saturated rings. The lowest BCUT2D eigenvalue weighted by Crippen LogP contribution is -2.43. The van der Waals surface area contributed by atoms with Crippen molar-refractivity contribution in [3.8, 4) is 0 Å². The number of carboxylic acid groups (broad SMARTS) is 1. The van der Waals surface area contributed by atoms with E-state index in [1.165, 1.54) is 37.5 Å². The zero-order chi connectivity index (χ0) is 27.9. The number of carbonyl (C=O) groups is 3. The molecule has 7 nitrogen and oxygen atoms in total. The molecule has 0 saturated carbocycles. The number of carboxylic acids is 1. The van der Waals surface area contributed by atoms with E-state index in [1.54, 1.807) is 0 Å². The fourth-order valence-corrected chi connectivity index (χ4v) is 10.6. The maximum absolute atomic E-state index is 12.3. The molecule has 0 aromatic heterocycles. The molecule has 39 heavy (non-hydrogen) atoms. The van der Waals surface area contributed by atoms with Crippen molar-refractivity contribution in [3.63, 3.8) is 0 Å². The second-order valence-corrected chi connectivity index (χ2v) is 15.0. The van der Waals surface area contributed by atoms with Crippen molar-refractivity contribution >= 4 is 62.5 Å². The Balaban J connectivity index is 1.51. The van der Waals surface area contributed by atoms with Crippen LogP contribution in [0, 0.1) is 0 Å². The summed E-state index contributed by atoms with van der Waals surface area (Å²) >= 11 is 0. The first-order chi connectivity index (χ1) is 18.9. The first-order valence-electron chi connectivity index (χ1n) is 12.7. The van der Waals surface area contributed by atoms with Gasteiger partial charge in [0.15, 0.2) is 0 Å². The van der Waals surface area contributed by atoms with Crippen LogP contribution in [0.3, 0.4) is 0 Å². The molecule has 3 aromatic rings. The first kappa shape index (κ1) is 30.7. The van der Waals surface area contributed by atoms with E-state index >= 15 is 0 Å². The molecule has 1 unspecified atom stereocenters. The maximum atomic E-state index is 12.3. The van der Waals surface area contributed by atoms with Crippen LogP contribution >= 0.6 is 28.9 Å². The van der Waals surface area contributed by atoms with Gasteiger partial charge in [0, 0.05) is 12.3 Å². The van der Waals surface area contributed by atoms with Crippen LogP contribution in [0.2, 0.25) is 0 Å². The molecule has 0 aliphatic heterocycles. The molecule has 2 amide bonds. The molecule has 0 spiro atoms. The number of aliphatic carboxylic acids is 1. The zero-order valence-electron chi connectivity index (χ0n) is 21.7. The van der Waals surface area contributed by atoms with E-state index in [-0.39, 0.29) is 17.4 Å². The minimum absolute atomic E-state index is 0.0633. The molecule has 0 aliphatic rings. The molecule has 10 heteroatoms. The second kappa shape index (κ2) is 16.3. The smallest absolute Gasteiger partial charge is 0.322 e. The lowest BCUT2D eigenvalue weighted by molar-refractivity contribution is -0.138.